The second kappa shape index (κ2) is 7.42. The van der Waals surface area contributed by atoms with Crippen molar-refractivity contribution in [2.45, 2.75) is 44.6 Å². The van der Waals surface area contributed by atoms with Crippen LogP contribution in [0.1, 0.15) is 32.3 Å². The van der Waals surface area contributed by atoms with Crippen LogP contribution in [0.15, 0.2) is 23.1 Å². The first-order chi connectivity index (χ1) is 10.8. The molecule has 1 atom stereocenters. The van der Waals surface area contributed by atoms with E-state index < -0.39 is 10.0 Å². The van der Waals surface area contributed by atoms with Crippen LogP contribution in [0.5, 0.6) is 0 Å². The second-order valence-corrected chi connectivity index (χ2v) is 7.66. The van der Waals surface area contributed by atoms with Crippen LogP contribution >= 0.6 is 0 Å². The van der Waals surface area contributed by atoms with Crippen molar-refractivity contribution in [3.05, 3.63) is 23.8 Å². The van der Waals surface area contributed by atoms with Crippen molar-refractivity contribution in [3.63, 3.8) is 0 Å². The summed E-state index contributed by atoms with van der Waals surface area (Å²) in [5.41, 5.74) is 1.14. The molecule has 1 fully saturated rings. The Balaban J connectivity index is 2.30. The van der Waals surface area contributed by atoms with Gasteiger partial charge in [0.15, 0.2) is 0 Å². The lowest BCUT2D eigenvalue weighted by Crippen LogP contribution is -2.37. The highest BCUT2D eigenvalue weighted by Crippen LogP contribution is 2.25. The standard InChI is InChI=1S/C16H24N2O4S/c1-4-18(11-15-6-5-9-22-15)23(20,21)16-10-14(17-13(3)19)8-7-12(16)2/h7-8,10,15H,4-6,9,11H2,1-3H3,(H,17,19)/t15-/m1/s1. The van der Waals surface area contributed by atoms with Gasteiger partial charge >= 0.3 is 0 Å². The molecular weight excluding hydrogens is 316 g/mol. The smallest absolute Gasteiger partial charge is 0.243 e. The summed E-state index contributed by atoms with van der Waals surface area (Å²) >= 11 is 0. The lowest BCUT2D eigenvalue weighted by Gasteiger charge is -2.24. The van der Waals surface area contributed by atoms with Gasteiger partial charge in [0.05, 0.1) is 11.0 Å². The molecule has 0 spiro atoms. The fourth-order valence-corrected chi connectivity index (χ4v) is 4.44. The molecule has 1 N–H and O–H groups in total. The Morgan fingerprint density at radius 3 is 2.74 bits per heavy atom. The maximum atomic E-state index is 13.0. The maximum Gasteiger partial charge on any atom is 0.243 e. The molecule has 1 aromatic rings. The van der Waals surface area contributed by atoms with E-state index in [1.807, 2.05) is 6.92 Å². The number of benzene rings is 1. The van der Waals surface area contributed by atoms with Gasteiger partial charge in [0.1, 0.15) is 0 Å². The summed E-state index contributed by atoms with van der Waals surface area (Å²) in [6.45, 7) is 6.40. The average Bonchev–Trinajstić information content (AvgIpc) is 2.99. The molecule has 1 aliphatic heterocycles. The fraction of sp³-hybridized carbons (Fsp3) is 0.562. The highest BCUT2D eigenvalue weighted by atomic mass is 32.2. The van der Waals surface area contributed by atoms with E-state index >= 15 is 0 Å². The summed E-state index contributed by atoms with van der Waals surface area (Å²) in [5, 5.41) is 2.63. The first-order valence-corrected chi connectivity index (χ1v) is 9.28. The van der Waals surface area contributed by atoms with E-state index in [9.17, 15) is 13.2 Å². The number of carbonyl (C=O) groups excluding carboxylic acids is 1. The fourth-order valence-electron chi connectivity index (χ4n) is 2.71. The largest absolute Gasteiger partial charge is 0.377 e. The van der Waals surface area contributed by atoms with Crippen molar-refractivity contribution in [1.29, 1.82) is 0 Å². The van der Waals surface area contributed by atoms with Crippen molar-refractivity contribution in [2.75, 3.05) is 25.0 Å². The topological polar surface area (TPSA) is 75.7 Å². The van der Waals surface area contributed by atoms with Gasteiger partial charge in [-0.15, -0.1) is 0 Å². The van der Waals surface area contributed by atoms with Gasteiger partial charge in [0, 0.05) is 32.3 Å². The Morgan fingerprint density at radius 1 is 1.43 bits per heavy atom. The highest BCUT2D eigenvalue weighted by molar-refractivity contribution is 7.89. The predicted molar refractivity (Wildman–Crippen MR) is 88.9 cm³/mol. The lowest BCUT2D eigenvalue weighted by atomic mass is 10.2. The molecule has 6 nitrogen and oxygen atoms in total. The first-order valence-electron chi connectivity index (χ1n) is 7.84. The first kappa shape index (κ1) is 17.9. The molecule has 0 aromatic heterocycles. The van der Waals surface area contributed by atoms with Crippen LogP contribution < -0.4 is 5.32 Å². The summed E-state index contributed by atoms with van der Waals surface area (Å²) in [5.74, 6) is -0.232. The van der Waals surface area contributed by atoms with Crippen molar-refractivity contribution in [2.24, 2.45) is 0 Å². The van der Waals surface area contributed by atoms with Gasteiger partial charge in [0.2, 0.25) is 15.9 Å². The Morgan fingerprint density at radius 2 is 2.17 bits per heavy atom. The van der Waals surface area contributed by atoms with Gasteiger partial charge in [-0.05, 0) is 37.5 Å². The second-order valence-electron chi connectivity index (χ2n) is 5.75. The van der Waals surface area contributed by atoms with E-state index in [2.05, 4.69) is 5.32 Å². The molecule has 0 aliphatic carbocycles. The van der Waals surface area contributed by atoms with Crippen molar-refractivity contribution >= 4 is 21.6 Å². The van der Waals surface area contributed by atoms with Gasteiger partial charge in [-0.2, -0.15) is 4.31 Å². The molecule has 7 heteroatoms. The SMILES string of the molecule is CCN(C[C@H]1CCCO1)S(=O)(=O)c1cc(NC(C)=O)ccc1C. The zero-order valence-electron chi connectivity index (χ0n) is 13.8. The molecule has 2 rings (SSSR count). The molecule has 1 aliphatic rings. The lowest BCUT2D eigenvalue weighted by molar-refractivity contribution is -0.114. The zero-order chi connectivity index (χ0) is 17.0. The molecule has 0 saturated carbocycles. The summed E-state index contributed by atoms with van der Waals surface area (Å²) in [6, 6.07) is 4.93. The number of hydrogen-bond donors (Lipinski definition) is 1. The number of nitrogens with one attached hydrogen (secondary N) is 1. The molecule has 1 amide bonds. The van der Waals surface area contributed by atoms with E-state index in [1.165, 1.54) is 17.3 Å². The van der Waals surface area contributed by atoms with Gasteiger partial charge in [-0.1, -0.05) is 13.0 Å². The average molecular weight is 340 g/mol. The number of nitrogens with zero attached hydrogens (tertiary/aromatic N) is 1. The van der Waals surface area contributed by atoms with E-state index in [1.54, 1.807) is 19.1 Å². The van der Waals surface area contributed by atoms with Crippen molar-refractivity contribution in [3.8, 4) is 0 Å². The van der Waals surface area contributed by atoms with Crippen LogP contribution in [0.2, 0.25) is 0 Å². The van der Waals surface area contributed by atoms with Crippen molar-refractivity contribution < 1.29 is 17.9 Å². The molecule has 23 heavy (non-hydrogen) atoms. The number of hydrogen-bond acceptors (Lipinski definition) is 4. The van der Waals surface area contributed by atoms with Gasteiger partial charge in [-0.3, -0.25) is 4.79 Å². The Kier molecular flexibility index (Phi) is 5.78. The van der Waals surface area contributed by atoms with Gasteiger partial charge < -0.3 is 10.1 Å². The maximum absolute atomic E-state index is 13.0. The number of ether oxygens (including phenoxy) is 1. The minimum atomic E-state index is -3.63. The minimum Gasteiger partial charge on any atom is -0.377 e. The summed E-state index contributed by atoms with van der Waals surface area (Å²) in [6.07, 6.45) is 1.82. The molecular formula is C16H24N2O4S. The van der Waals surface area contributed by atoms with Crippen LogP contribution in [-0.4, -0.2) is 44.4 Å². The Labute approximate surface area is 137 Å². The number of likely N-dealkylation sites (N-methyl/N-ethyl adjacent to an activating group) is 1. The Bertz CT molecular complexity index is 667. The van der Waals surface area contributed by atoms with Crippen LogP contribution in [0.25, 0.3) is 0 Å². The van der Waals surface area contributed by atoms with Crippen LogP contribution in [0.4, 0.5) is 5.69 Å². The number of rotatable bonds is 6. The summed E-state index contributed by atoms with van der Waals surface area (Å²) in [7, 11) is -3.63. The van der Waals surface area contributed by atoms with E-state index in [4.69, 9.17) is 4.74 Å². The van der Waals surface area contributed by atoms with Gasteiger partial charge in [-0.25, -0.2) is 8.42 Å². The third-order valence-electron chi connectivity index (χ3n) is 3.91. The van der Waals surface area contributed by atoms with E-state index in [0.717, 1.165) is 12.8 Å². The van der Waals surface area contributed by atoms with Crippen molar-refractivity contribution in [1.82, 2.24) is 4.31 Å². The van der Waals surface area contributed by atoms with Crippen LogP contribution in [0, 0.1) is 6.92 Å². The number of carbonyl (C=O) groups is 1. The monoisotopic (exact) mass is 340 g/mol. The third kappa shape index (κ3) is 4.31. The molecule has 128 valence electrons. The van der Waals surface area contributed by atoms with E-state index in [-0.39, 0.29) is 16.9 Å². The molecule has 1 saturated heterocycles. The van der Waals surface area contributed by atoms with Crippen LogP contribution in [0.3, 0.4) is 0 Å². The molecule has 0 bridgehead atoms. The number of sulfonamides is 1. The summed E-state index contributed by atoms with van der Waals surface area (Å²) in [4.78, 5) is 11.4. The van der Waals surface area contributed by atoms with E-state index in [0.29, 0.717) is 30.9 Å². The zero-order valence-corrected chi connectivity index (χ0v) is 14.6. The summed E-state index contributed by atoms with van der Waals surface area (Å²) < 4.78 is 32.9. The molecule has 1 aromatic carbocycles. The normalized spacial score (nSPS) is 18.3. The Hall–Kier alpha value is -1.44. The minimum absolute atomic E-state index is 0.0384. The van der Waals surface area contributed by atoms with Gasteiger partial charge in [0.25, 0.3) is 0 Å². The number of anilines is 1. The predicted octanol–water partition coefficient (Wildman–Crippen LogP) is 2.14. The quantitative estimate of drug-likeness (QED) is 0.861. The number of aryl methyl sites for hydroxylation is 1. The molecule has 0 unspecified atom stereocenters. The molecule has 0 radical (unpaired) electrons. The molecule has 1 heterocycles. The number of amides is 1. The third-order valence-corrected chi connectivity index (χ3v) is 5.99. The van der Waals surface area contributed by atoms with Crippen LogP contribution in [-0.2, 0) is 19.6 Å². The highest BCUT2D eigenvalue weighted by Gasteiger charge is 2.29.